The van der Waals surface area contributed by atoms with Crippen molar-refractivity contribution in [1.82, 2.24) is 10.1 Å². The monoisotopic (exact) mass is 402 g/mol. The predicted molar refractivity (Wildman–Crippen MR) is 78.6 cm³/mol. The fraction of sp³-hybridized carbons (Fsp3) is 0.333. The summed E-state index contributed by atoms with van der Waals surface area (Å²) in [6.07, 6.45) is 1.16. The summed E-state index contributed by atoms with van der Waals surface area (Å²) in [6, 6.07) is 1.29. The van der Waals surface area contributed by atoms with Gasteiger partial charge in [0.2, 0.25) is 0 Å². The number of alkyl halides is 1. The Kier molecular flexibility index (Phi) is 6.95. The SMILES string of the molecule is Cc1noc(C)c1-c1cncc(CC(F)(P(=O)([O-])O)P(=O)(O)O)c1.[Na+]. The third kappa shape index (κ3) is 4.47. The van der Waals surface area contributed by atoms with Gasteiger partial charge in [0.1, 0.15) is 5.76 Å². The minimum absolute atomic E-state index is 0. The normalized spacial score (nSPS) is 16.6. The quantitative estimate of drug-likeness (QED) is 0.390. The van der Waals surface area contributed by atoms with Crippen LogP contribution in [0.4, 0.5) is 4.39 Å². The van der Waals surface area contributed by atoms with Crippen LogP contribution >= 0.6 is 15.2 Å². The van der Waals surface area contributed by atoms with E-state index in [1.807, 2.05) is 0 Å². The van der Waals surface area contributed by atoms with Crippen molar-refractivity contribution in [1.29, 1.82) is 0 Å². The Morgan fingerprint density at radius 3 is 2.32 bits per heavy atom. The van der Waals surface area contributed by atoms with Gasteiger partial charge in [-0.05, 0) is 25.5 Å². The van der Waals surface area contributed by atoms with Crippen molar-refractivity contribution in [2.24, 2.45) is 0 Å². The van der Waals surface area contributed by atoms with E-state index in [1.165, 1.54) is 12.3 Å². The van der Waals surface area contributed by atoms with Gasteiger partial charge in [0, 0.05) is 29.9 Å². The van der Waals surface area contributed by atoms with Gasteiger partial charge in [-0.3, -0.25) is 9.55 Å². The van der Waals surface area contributed by atoms with Crippen LogP contribution in [0.1, 0.15) is 17.0 Å². The molecule has 3 N–H and O–H groups in total. The van der Waals surface area contributed by atoms with Gasteiger partial charge < -0.3 is 28.7 Å². The zero-order valence-electron chi connectivity index (χ0n) is 13.6. The summed E-state index contributed by atoms with van der Waals surface area (Å²) < 4.78 is 41.9. The van der Waals surface area contributed by atoms with Crippen molar-refractivity contribution in [3.63, 3.8) is 0 Å². The van der Waals surface area contributed by atoms with Gasteiger partial charge in [0.15, 0.2) is 7.60 Å². The Morgan fingerprint density at radius 2 is 1.88 bits per heavy atom. The summed E-state index contributed by atoms with van der Waals surface area (Å²) in [4.78, 5) is 42.0. The summed E-state index contributed by atoms with van der Waals surface area (Å²) in [6.45, 7) is 3.27. The number of halogens is 1. The van der Waals surface area contributed by atoms with E-state index in [1.54, 1.807) is 13.8 Å². The Labute approximate surface area is 164 Å². The van der Waals surface area contributed by atoms with E-state index in [9.17, 15) is 18.4 Å². The molecule has 9 nitrogen and oxygen atoms in total. The van der Waals surface area contributed by atoms with Crippen molar-refractivity contribution in [2.75, 3.05) is 0 Å². The molecule has 13 heteroatoms. The minimum Gasteiger partial charge on any atom is -0.776 e. The van der Waals surface area contributed by atoms with Crippen LogP contribution in [-0.4, -0.2) is 30.0 Å². The summed E-state index contributed by atoms with van der Waals surface area (Å²) >= 11 is 0. The van der Waals surface area contributed by atoms with Crippen LogP contribution in [0.5, 0.6) is 0 Å². The Morgan fingerprint density at radius 1 is 1.28 bits per heavy atom. The van der Waals surface area contributed by atoms with E-state index < -0.39 is 26.8 Å². The van der Waals surface area contributed by atoms with E-state index in [0.717, 1.165) is 6.20 Å². The second kappa shape index (κ2) is 7.68. The number of rotatable bonds is 5. The Balaban J connectivity index is 0.00000312. The smallest absolute Gasteiger partial charge is 0.776 e. The molecular formula is C12H14FN2NaO7P2. The second-order valence-corrected chi connectivity index (χ2v) is 9.14. The number of hydrogen-bond acceptors (Lipinski definition) is 6. The Hall–Kier alpha value is -0.410. The van der Waals surface area contributed by atoms with E-state index in [2.05, 4.69) is 10.1 Å². The van der Waals surface area contributed by atoms with Crippen molar-refractivity contribution in [3.05, 3.63) is 35.5 Å². The van der Waals surface area contributed by atoms with E-state index >= 15 is 0 Å². The maximum absolute atomic E-state index is 14.5. The minimum atomic E-state index is -6.01. The number of aromatic nitrogens is 2. The maximum atomic E-state index is 14.5. The summed E-state index contributed by atoms with van der Waals surface area (Å²) in [7, 11) is -11.8. The van der Waals surface area contributed by atoms with E-state index in [-0.39, 0.29) is 35.1 Å². The van der Waals surface area contributed by atoms with Gasteiger partial charge in [-0.15, -0.1) is 0 Å². The molecule has 0 spiro atoms. The molecule has 2 unspecified atom stereocenters. The number of hydrogen-bond donors (Lipinski definition) is 3. The standard InChI is InChI=1S/C12H15FN2O7P2.Na/c1-7-11(8(2)22-15-7)10-3-9(5-14-6-10)4-12(13,23(16,17)18)24(19,20)21;/h3,5-6H,4H2,1-2H3,(H2,16,17,18)(H2,19,20,21);/q;+1/p-1. The first kappa shape index (κ1) is 22.6. The van der Waals surface area contributed by atoms with Crippen molar-refractivity contribution in [3.8, 4) is 11.1 Å². The third-order valence-electron chi connectivity index (χ3n) is 3.43. The average Bonchev–Trinajstić information content (AvgIpc) is 2.76. The third-order valence-corrected chi connectivity index (χ3v) is 7.04. The van der Waals surface area contributed by atoms with Gasteiger partial charge in [0.25, 0.3) is 5.15 Å². The molecule has 2 aromatic rings. The van der Waals surface area contributed by atoms with Crippen molar-refractivity contribution in [2.45, 2.75) is 25.4 Å². The van der Waals surface area contributed by atoms with Crippen LogP contribution in [0, 0.1) is 13.8 Å². The second-order valence-electron chi connectivity index (χ2n) is 5.24. The molecule has 0 saturated carbocycles. The molecule has 0 radical (unpaired) electrons. The molecule has 25 heavy (non-hydrogen) atoms. The molecule has 132 valence electrons. The molecule has 0 aromatic carbocycles. The molecule has 0 bridgehead atoms. The summed E-state index contributed by atoms with van der Waals surface area (Å²) in [5.74, 6) is 0.435. The molecule has 0 fully saturated rings. The van der Waals surface area contributed by atoms with Crippen LogP contribution in [-0.2, 0) is 15.6 Å². The van der Waals surface area contributed by atoms with Gasteiger partial charge >= 0.3 is 37.2 Å². The molecule has 0 amide bonds. The topological polar surface area (TPSA) is 157 Å². The zero-order valence-corrected chi connectivity index (χ0v) is 17.4. The maximum Gasteiger partial charge on any atom is 1.00 e. The van der Waals surface area contributed by atoms with Crippen LogP contribution < -0.4 is 34.5 Å². The van der Waals surface area contributed by atoms with Gasteiger partial charge in [-0.2, -0.15) is 0 Å². The fourth-order valence-corrected chi connectivity index (χ4v) is 4.33. The van der Waals surface area contributed by atoms with Crippen LogP contribution in [0.15, 0.2) is 23.0 Å². The molecule has 2 rings (SSSR count). The number of pyridine rings is 1. The van der Waals surface area contributed by atoms with E-state index in [4.69, 9.17) is 19.2 Å². The number of nitrogens with zero attached hydrogens (tertiary/aromatic N) is 2. The first-order valence-electron chi connectivity index (χ1n) is 6.52. The number of aryl methyl sites for hydroxylation is 2. The van der Waals surface area contributed by atoms with Crippen molar-refractivity contribution >= 4 is 15.2 Å². The largest absolute Gasteiger partial charge is 1.00 e. The van der Waals surface area contributed by atoms with E-state index in [0.29, 0.717) is 22.6 Å². The molecule has 0 aliphatic rings. The first-order chi connectivity index (χ1) is 10.9. The molecule has 2 heterocycles. The van der Waals surface area contributed by atoms with Crippen molar-refractivity contribution < 1.29 is 67.2 Å². The molecule has 0 saturated heterocycles. The molecule has 0 aliphatic heterocycles. The molecular weight excluding hydrogens is 388 g/mol. The first-order valence-corrected chi connectivity index (χ1v) is 9.71. The summed E-state index contributed by atoms with van der Waals surface area (Å²) in [5.41, 5.74) is 1.31. The van der Waals surface area contributed by atoms with Crippen LogP contribution in [0.25, 0.3) is 11.1 Å². The van der Waals surface area contributed by atoms with Crippen LogP contribution in [0.3, 0.4) is 0 Å². The molecule has 2 aromatic heterocycles. The average molecular weight is 402 g/mol. The Bertz CT molecular complexity index is 821. The van der Waals surface area contributed by atoms with Crippen LogP contribution in [0.2, 0.25) is 0 Å². The predicted octanol–water partition coefficient (Wildman–Crippen LogP) is -1.75. The molecule has 2 atom stereocenters. The molecule has 0 aliphatic carbocycles. The van der Waals surface area contributed by atoms with Gasteiger partial charge in [-0.25, -0.2) is 4.39 Å². The zero-order chi connectivity index (χ0) is 18.3. The fourth-order valence-electron chi connectivity index (χ4n) is 2.24. The van der Waals surface area contributed by atoms with Gasteiger partial charge in [-0.1, -0.05) is 5.16 Å². The summed E-state index contributed by atoms with van der Waals surface area (Å²) in [5, 5.41) is -0.400. The van der Waals surface area contributed by atoms with Gasteiger partial charge in [0.05, 0.1) is 5.69 Å².